The summed E-state index contributed by atoms with van der Waals surface area (Å²) in [6, 6.07) is 17.9. The van der Waals surface area contributed by atoms with Crippen molar-refractivity contribution < 1.29 is 14.3 Å². The molecule has 1 amide bonds. The normalized spacial score (nSPS) is 22.4. The van der Waals surface area contributed by atoms with Gasteiger partial charge in [0.05, 0.1) is 34.5 Å². The van der Waals surface area contributed by atoms with Crippen LogP contribution in [0.1, 0.15) is 37.4 Å². The van der Waals surface area contributed by atoms with Crippen molar-refractivity contribution in [2.75, 3.05) is 18.5 Å². The fourth-order valence-electron chi connectivity index (χ4n) is 5.37. The monoisotopic (exact) mass is 475 g/mol. The summed E-state index contributed by atoms with van der Waals surface area (Å²) in [5.74, 6) is -0.134. The number of fused-ring (bicyclic) bond motifs is 2. The molecule has 7 heteroatoms. The highest BCUT2D eigenvalue weighted by Gasteiger charge is 2.45. The number of aromatic nitrogens is 2. The van der Waals surface area contributed by atoms with E-state index in [1.807, 2.05) is 60.8 Å². The molecule has 3 aromatic rings. The lowest BCUT2D eigenvalue weighted by Crippen LogP contribution is -2.26. The molecule has 34 heavy (non-hydrogen) atoms. The maximum atomic E-state index is 13.5. The van der Waals surface area contributed by atoms with Crippen molar-refractivity contribution in [2.24, 2.45) is 0 Å². The predicted octanol–water partition coefficient (Wildman–Crippen LogP) is 5.51. The first-order chi connectivity index (χ1) is 16.7. The van der Waals surface area contributed by atoms with Crippen molar-refractivity contribution in [2.45, 2.75) is 43.9 Å². The van der Waals surface area contributed by atoms with Crippen molar-refractivity contribution in [1.29, 1.82) is 0 Å². The van der Waals surface area contributed by atoms with Crippen LogP contribution in [0.2, 0.25) is 5.02 Å². The SMILES string of the molecule is O=C(Nc1ccc(-c2ccccc2)c(Cl)c1)C1=C(c2ccnn2C2CCOCC2)[C@@H]2CC[C@@H]1O2. The van der Waals surface area contributed by atoms with Crippen molar-refractivity contribution in [3.05, 3.63) is 77.1 Å². The number of halogens is 1. The van der Waals surface area contributed by atoms with Crippen LogP contribution in [0.5, 0.6) is 0 Å². The smallest absolute Gasteiger partial charge is 0.254 e. The third kappa shape index (κ3) is 3.86. The highest BCUT2D eigenvalue weighted by atomic mass is 35.5. The third-order valence-corrected chi connectivity index (χ3v) is 7.31. The van der Waals surface area contributed by atoms with Gasteiger partial charge in [-0.2, -0.15) is 5.10 Å². The van der Waals surface area contributed by atoms with Crippen molar-refractivity contribution in [3.8, 4) is 11.1 Å². The Balaban J connectivity index is 1.30. The minimum atomic E-state index is -0.183. The Morgan fingerprint density at radius 1 is 1.00 bits per heavy atom. The zero-order valence-corrected chi connectivity index (χ0v) is 19.5. The first-order valence-corrected chi connectivity index (χ1v) is 12.2. The van der Waals surface area contributed by atoms with Crippen LogP contribution in [-0.4, -0.2) is 41.1 Å². The van der Waals surface area contributed by atoms with Crippen LogP contribution in [0.15, 0.2) is 66.4 Å². The third-order valence-electron chi connectivity index (χ3n) is 6.99. The summed E-state index contributed by atoms with van der Waals surface area (Å²) in [6.45, 7) is 1.47. The number of carbonyl (C=O) groups is 1. The number of hydrogen-bond acceptors (Lipinski definition) is 4. The molecule has 1 N–H and O–H groups in total. The molecule has 2 aromatic carbocycles. The van der Waals surface area contributed by atoms with E-state index in [0.29, 0.717) is 16.3 Å². The quantitative estimate of drug-likeness (QED) is 0.528. The van der Waals surface area contributed by atoms with Crippen LogP contribution < -0.4 is 5.32 Å². The molecule has 3 aliphatic heterocycles. The van der Waals surface area contributed by atoms with E-state index in [1.54, 1.807) is 0 Å². The molecule has 3 aliphatic rings. The molecular formula is C27H26ClN3O3. The van der Waals surface area contributed by atoms with Gasteiger partial charge >= 0.3 is 0 Å². The molecular weight excluding hydrogens is 450 g/mol. The van der Waals surface area contributed by atoms with Gasteiger partial charge in [-0.15, -0.1) is 0 Å². The van der Waals surface area contributed by atoms with Gasteiger partial charge in [0.1, 0.15) is 0 Å². The van der Waals surface area contributed by atoms with E-state index in [4.69, 9.17) is 21.1 Å². The van der Waals surface area contributed by atoms with E-state index in [-0.39, 0.29) is 24.2 Å². The molecule has 0 aliphatic carbocycles. The zero-order chi connectivity index (χ0) is 23.1. The highest BCUT2D eigenvalue weighted by molar-refractivity contribution is 6.33. The summed E-state index contributed by atoms with van der Waals surface area (Å²) in [5.41, 5.74) is 5.32. The summed E-state index contributed by atoms with van der Waals surface area (Å²) in [5, 5.41) is 8.28. The zero-order valence-electron chi connectivity index (χ0n) is 18.7. The Labute approximate surface area is 203 Å². The largest absolute Gasteiger partial charge is 0.381 e. The molecule has 174 valence electrons. The molecule has 0 unspecified atom stereocenters. The first kappa shape index (κ1) is 21.6. The molecule has 6 rings (SSSR count). The Hall–Kier alpha value is -2.93. The van der Waals surface area contributed by atoms with Crippen LogP contribution >= 0.6 is 11.6 Å². The Kier molecular flexibility index (Phi) is 5.73. The second kappa shape index (κ2) is 9.02. The predicted molar refractivity (Wildman–Crippen MR) is 132 cm³/mol. The minimum Gasteiger partial charge on any atom is -0.381 e. The second-order valence-corrected chi connectivity index (χ2v) is 9.44. The van der Waals surface area contributed by atoms with Crippen LogP contribution in [0, 0.1) is 0 Å². The molecule has 0 spiro atoms. The molecule has 6 nitrogen and oxygen atoms in total. The Morgan fingerprint density at radius 3 is 2.59 bits per heavy atom. The number of carbonyl (C=O) groups excluding carboxylic acids is 1. The van der Waals surface area contributed by atoms with Gasteiger partial charge in [0.15, 0.2) is 0 Å². The van der Waals surface area contributed by atoms with E-state index >= 15 is 0 Å². The number of anilines is 1. The standard InChI is InChI=1S/C27H26ClN3O3/c28-21-16-18(6-7-20(21)17-4-2-1-3-5-17)30-27(32)26-24-9-8-23(34-24)25(26)22-10-13-29-31(22)19-11-14-33-15-12-19/h1-7,10,13,16,19,23-24H,8-9,11-12,14-15H2,(H,30,32)/t23-,24-/m0/s1. The summed E-state index contributed by atoms with van der Waals surface area (Å²) < 4.78 is 13.8. The summed E-state index contributed by atoms with van der Waals surface area (Å²) in [6.07, 6.45) is 5.20. The lowest BCUT2D eigenvalue weighted by atomic mass is 9.89. The van der Waals surface area contributed by atoms with E-state index in [0.717, 1.165) is 61.3 Å². The van der Waals surface area contributed by atoms with E-state index in [9.17, 15) is 4.79 Å². The van der Waals surface area contributed by atoms with Gasteiger partial charge in [0, 0.05) is 36.2 Å². The van der Waals surface area contributed by atoms with Crippen molar-refractivity contribution >= 4 is 28.8 Å². The fourth-order valence-corrected chi connectivity index (χ4v) is 5.66. The number of benzene rings is 2. The number of nitrogens with zero attached hydrogens (tertiary/aromatic N) is 2. The molecule has 0 saturated carbocycles. The van der Waals surface area contributed by atoms with E-state index in [2.05, 4.69) is 15.1 Å². The van der Waals surface area contributed by atoms with Gasteiger partial charge in [-0.05, 0) is 49.4 Å². The van der Waals surface area contributed by atoms with Gasteiger partial charge in [0.2, 0.25) is 0 Å². The van der Waals surface area contributed by atoms with Gasteiger partial charge in [-0.25, -0.2) is 0 Å². The molecule has 2 bridgehead atoms. The molecule has 4 heterocycles. The highest BCUT2D eigenvalue weighted by Crippen LogP contribution is 2.45. The first-order valence-electron chi connectivity index (χ1n) is 11.9. The Bertz CT molecular complexity index is 1250. The molecule has 2 atom stereocenters. The molecule has 2 saturated heterocycles. The molecule has 0 radical (unpaired) electrons. The average molecular weight is 476 g/mol. The van der Waals surface area contributed by atoms with E-state index in [1.165, 1.54) is 0 Å². The fraction of sp³-hybridized carbons (Fsp3) is 0.333. The van der Waals surface area contributed by atoms with Gasteiger partial charge in [-0.1, -0.05) is 48.0 Å². The summed E-state index contributed by atoms with van der Waals surface area (Å²) in [4.78, 5) is 13.5. The molecule has 2 fully saturated rings. The summed E-state index contributed by atoms with van der Waals surface area (Å²) >= 11 is 6.58. The van der Waals surface area contributed by atoms with Crippen LogP contribution in [0.4, 0.5) is 5.69 Å². The molecule has 1 aromatic heterocycles. The van der Waals surface area contributed by atoms with Gasteiger partial charge < -0.3 is 14.8 Å². The van der Waals surface area contributed by atoms with Crippen LogP contribution in [0.3, 0.4) is 0 Å². The number of nitrogens with one attached hydrogen (secondary N) is 1. The van der Waals surface area contributed by atoms with Crippen LogP contribution in [-0.2, 0) is 14.3 Å². The van der Waals surface area contributed by atoms with Gasteiger partial charge in [0.25, 0.3) is 5.91 Å². The average Bonchev–Trinajstić information content (AvgIpc) is 3.61. The lowest BCUT2D eigenvalue weighted by molar-refractivity contribution is -0.113. The van der Waals surface area contributed by atoms with E-state index < -0.39 is 0 Å². The van der Waals surface area contributed by atoms with Crippen LogP contribution in [0.25, 0.3) is 16.7 Å². The number of hydrogen-bond donors (Lipinski definition) is 1. The second-order valence-electron chi connectivity index (χ2n) is 9.04. The minimum absolute atomic E-state index is 0.0647. The number of rotatable bonds is 5. The maximum Gasteiger partial charge on any atom is 0.254 e. The van der Waals surface area contributed by atoms with Gasteiger partial charge in [-0.3, -0.25) is 9.48 Å². The Morgan fingerprint density at radius 2 is 1.79 bits per heavy atom. The maximum absolute atomic E-state index is 13.5. The van der Waals surface area contributed by atoms with Crippen molar-refractivity contribution in [3.63, 3.8) is 0 Å². The van der Waals surface area contributed by atoms with Crippen molar-refractivity contribution in [1.82, 2.24) is 9.78 Å². The number of ether oxygens (including phenoxy) is 2. The number of amides is 1. The summed E-state index contributed by atoms with van der Waals surface area (Å²) in [7, 11) is 0. The topological polar surface area (TPSA) is 65.4 Å². The lowest BCUT2D eigenvalue weighted by Gasteiger charge is -2.26.